The molecule has 1 saturated heterocycles. The molecular weight excluding hydrogens is 372 g/mol. The highest BCUT2D eigenvalue weighted by atomic mass is 16.5. The molecule has 0 spiro atoms. The lowest BCUT2D eigenvalue weighted by atomic mass is 10.0. The number of aryl methyl sites for hydroxylation is 1. The Morgan fingerprint density at radius 1 is 0.933 bits per heavy atom. The molecule has 1 heterocycles. The van der Waals surface area contributed by atoms with Crippen LogP contribution in [0.3, 0.4) is 0 Å². The van der Waals surface area contributed by atoms with E-state index in [9.17, 15) is 4.79 Å². The fourth-order valence-corrected chi connectivity index (χ4v) is 4.04. The number of nitrogens with zero attached hydrogens (tertiary/aromatic N) is 1. The number of benzene rings is 3. The zero-order chi connectivity index (χ0) is 20.8. The van der Waals surface area contributed by atoms with E-state index in [0.717, 1.165) is 29.9 Å². The van der Waals surface area contributed by atoms with Crippen molar-refractivity contribution in [3.63, 3.8) is 0 Å². The largest absolute Gasteiger partial charge is 0.371 e. The molecule has 3 aromatic carbocycles. The van der Waals surface area contributed by atoms with Gasteiger partial charge < -0.3 is 15.0 Å². The lowest BCUT2D eigenvalue weighted by Gasteiger charge is -2.21. The van der Waals surface area contributed by atoms with Crippen molar-refractivity contribution in [2.75, 3.05) is 29.9 Å². The topological polar surface area (TPSA) is 41.6 Å². The van der Waals surface area contributed by atoms with Gasteiger partial charge in [-0.25, -0.2) is 0 Å². The minimum absolute atomic E-state index is 0.0125. The second kappa shape index (κ2) is 9.59. The Balaban J connectivity index is 1.41. The molecule has 0 unspecified atom stereocenters. The summed E-state index contributed by atoms with van der Waals surface area (Å²) in [6.07, 6.45) is 2.22. The van der Waals surface area contributed by atoms with Crippen LogP contribution in [0.4, 0.5) is 11.4 Å². The van der Waals surface area contributed by atoms with Gasteiger partial charge in [-0.2, -0.15) is 0 Å². The van der Waals surface area contributed by atoms with Crippen molar-refractivity contribution in [2.24, 2.45) is 0 Å². The number of anilines is 2. The van der Waals surface area contributed by atoms with Gasteiger partial charge in [0.15, 0.2) is 0 Å². The predicted octanol–water partition coefficient (Wildman–Crippen LogP) is 5.34. The molecule has 0 bridgehead atoms. The normalized spacial score (nSPS) is 13.6. The SMILES string of the molecule is Cc1cc(NC(=O)COC(c2ccccc2)c2ccccc2)ccc1N1CCCC1. The molecule has 4 rings (SSSR count). The minimum Gasteiger partial charge on any atom is -0.371 e. The first-order chi connectivity index (χ1) is 14.7. The van der Waals surface area contributed by atoms with Gasteiger partial charge in [0.25, 0.3) is 0 Å². The van der Waals surface area contributed by atoms with Crippen LogP contribution in [0, 0.1) is 6.92 Å². The van der Waals surface area contributed by atoms with Crippen molar-refractivity contribution in [3.05, 3.63) is 95.6 Å². The van der Waals surface area contributed by atoms with Crippen molar-refractivity contribution in [1.82, 2.24) is 0 Å². The molecule has 4 heteroatoms. The Labute approximate surface area is 178 Å². The van der Waals surface area contributed by atoms with E-state index in [0.29, 0.717) is 0 Å². The maximum atomic E-state index is 12.6. The van der Waals surface area contributed by atoms with E-state index in [2.05, 4.69) is 23.2 Å². The van der Waals surface area contributed by atoms with E-state index >= 15 is 0 Å². The van der Waals surface area contributed by atoms with Gasteiger partial charge >= 0.3 is 0 Å². The number of nitrogens with one attached hydrogen (secondary N) is 1. The molecule has 4 nitrogen and oxygen atoms in total. The fraction of sp³-hybridized carbons (Fsp3) is 0.269. The van der Waals surface area contributed by atoms with E-state index in [-0.39, 0.29) is 18.6 Å². The first-order valence-corrected chi connectivity index (χ1v) is 10.6. The third-order valence-corrected chi connectivity index (χ3v) is 5.51. The van der Waals surface area contributed by atoms with Crippen LogP contribution in [0.5, 0.6) is 0 Å². The van der Waals surface area contributed by atoms with E-state index in [4.69, 9.17) is 4.74 Å². The summed E-state index contributed by atoms with van der Waals surface area (Å²) in [5, 5.41) is 2.98. The number of amides is 1. The number of carbonyl (C=O) groups excluding carboxylic acids is 1. The Hall–Kier alpha value is -3.11. The first-order valence-electron chi connectivity index (χ1n) is 10.6. The number of carbonyl (C=O) groups is 1. The van der Waals surface area contributed by atoms with Crippen LogP contribution in [-0.2, 0) is 9.53 Å². The number of hydrogen-bond acceptors (Lipinski definition) is 3. The summed E-state index contributed by atoms with van der Waals surface area (Å²) < 4.78 is 6.06. The van der Waals surface area contributed by atoms with Gasteiger partial charge in [0.1, 0.15) is 12.7 Å². The molecule has 1 aliphatic heterocycles. The zero-order valence-corrected chi connectivity index (χ0v) is 17.4. The van der Waals surface area contributed by atoms with Crippen LogP contribution in [-0.4, -0.2) is 25.6 Å². The number of ether oxygens (including phenoxy) is 1. The Morgan fingerprint density at radius 3 is 2.10 bits per heavy atom. The molecule has 30 heavy (non-hydrogen) atoms. The van der Waals surface area contributed by atoms with Crippen molar-refractivity contribution >= 4 is 17.3 Å². The molecule has 0 atom stereocenters. The number of hydrogen-bond donors (Lipinski definition) is 1. The van der Waals surface area contributed by atoms with Crippen molar-refractivity contribution in [2.45, 2.75) is 25.9 Å². The van der Waals surface area contributed by atoms with Gasteiger partial charge in [0.2, 0.25) is 5.91 Å². The quantitative estimate of drug-likeness (QED) is 0.582. The Bertz CT molecular complexity index is 927. The summed E-state index contributed by atoms with van der Waals surface area (Å²) in [5.41, 5.74) is 5.31. The van der Waals surface area contributed by atoms with Crippen molar-refractivity contribution in [3.8, 4) is 0 Å². The van der Waals surface area contributed by atoms with Gasteiger partial charge in [0.05, 0.1) is 0 Å². The van der Waals surface area contributed by atoms with E-state index in [1.54, 1.807) is 0 Å². The van der Waals surface area contributed by atoms with E-state index in [1.807, 2.05) is 72.8 Å². The Kier molecular flexibility index (Phi) is 6.45. The molecule has 1 aliphatic rings. The molecule has 1 fully saturated rings. The summed E-state index contributed by atoms with van der Waals surface area (Å²) in [5.74, 6) is -0.153. The third-order valence-electron chi connectivity index (χ3n) is 5.51. The predicted molar refractivity (Wildman–Crippen MR) is 122 cm³/mol. The molecule has 1 N–H and O–H groups in total. The average Bonchev–Trinajstić information content (AvgIpc) is 3.30. The molecule has 0 saturated carbocycles. The van der Waals surface area contributed by atoms with E-state index in [1.165, 1.54) is 24.1 Å². The van der Waals surface area contributed by atoms with Gasteiger partial charge in [-0.15, -0.1) is 0 Å². The molecular formula is C26H28N2O2. The van der Waals surface area contributed by atoms with Crippen LogP contribution < -0.4 is 10.2 Å². The van der Waals surface area contributed by atoms with Crippen LogP contribution in [0.25, 0.3) is 0 Å². The molecule has 0 aromatic heterocycles. The molecule has 154 valence electrons. The lowest BCUT2D eigenvalue weighted by Crippen LogP contribution is -2.21. The van der Waals surface area contributed by atoms with Crippen LogP contribution in [0.1, 0.15) is 35.6 Å². The average molecular weight is 401 g/mol. The summed E-state index contributed by atoms with van der Waals surface area (Å²) in [6, 6.07) is 26.1. The lowest BCUT2D eigenvalue weighted by molar-refractivity contribution is -0.121. The van der Waals surface area contributed by atoms with Gasteiger partial charge in [-0.3, -0.25) is 4.79 Å². The van der Waals surface area contributed by atoms with Gasteiger partial charge in [-0.1, -0.05) is 60.7 Å². The smallest absolute Gasteiger partial charge is 0.250 e. The first kappa shape index (κ1) is 20.2. The zero-order valence-electron chi connectivity index (χ0n) is 17.4. The standard InChI is InChI=1S/C26H28N2O2/c1-20-18-23(14-15-24(20)28-16-8-9-17-28)27-25(29)19-30-26(21-10-4-2-5-11-21)22-12-6-3-7-13-22/h2-7,10-15,18,26H,8-9,16-17,19H2,1H3,(H,27,29). The van der Waals surface area contributed by atoms with Gasteiger partial charge in [0, 0.05) is 24.5 Å². The second-order valence-electron chi connectivity index (χ2n) is 7.76. The van der Waals surface area contributed by atoms with Crippen LogP contribution in [0.15, 0.2) is 78.9 Å². The fourth-order valence-electron chi connectivity index (χ4n) is 4.04. The molecule has 0 radical (unpaired) electrons. The highest BCUT2D eigenvalue weighted by Crippen LogP contribution is 2.28. The molecule has 3 aromatic rings. The summed E-state index contributed by atoms with van der Waals surface area (Å²) in [6.45, 7) is 4.31. The highest BCUT2D eigenvalue weighted by Gasteiger charge is 2.17. The minimum atomic E-state index is -0.280. The second-order valence-corrected chi connectivity index (χ2v) is 7.76. The summed E-state index contributed by atoms with van der Waals surface area (Å²) >= 11 is 0. The van der Waals surface area contributed by atoms with Crippen LogP contribution >= 0.6 is 0 Å². The van der Waals surface area contributed by atoms with Crippen molar-refractivity contribution in [1.29, 1.82) is 0 Å². The molecule has 1 amide bonds. The molecule has 0 aliphatic carbocycles. The monoisotopic (exact) mass is 400 g/mol. The van der Waals surface area contributed by atoms with Gasteiger partial charge in [-0.05, 0) is 54.7 Å². The highest BCUT2D eigenvalue weighted by molar-refractivity contribution is 5.92. The summed E-state index contributed by atoms with van der Waals surface area (Å²) in [7, 11) is 0. The van der Waals surface area contributed by atoms with Crippen molar-refractivity contribution < 1.29 is 9.53 Å². The maximum Gasteiger partial charge on any atom is 0.250 e. The maximum absolute atomic E-state index is 12.6. The van der Waals surface area contributed by atoms with Crippen LogP contribution in [0.2, 0.25) is 0 Å². The number of rotatable bonds is 7. The third kappa shape index (κ3) is 4.89. The Morgan fingerprint density at radius 2 is 1.53 bits per heavy atom. The van der Waals surface area contributed by atoms with E-state index < -0.39 is 0 Å². The summed E-state index contributed by atoms with van der Waals surface area (Å²) in [4.78, 5) is 15.0.